The van der Waals surface area contributed by atoms with E-state index in [0.717, 1.165) is 5.56 Å². The van der Waals surface area contributed by atoms with Crippen LogP contribution in [0.3, 0.4) is 0 Å². The number of halogens is 2. The molecule has 0 fully saturated rings. The average molecular weight is 480 g/mol. The van der Waals surface area contributed by atoms with Gasteiger partial charge in [-0.2, -0.15) is 0 Å². The molecular formula is C18H11Cl2N5O3S2. The highest BCUT2D eigenvalue weighted by molar-refractivity contribution is 7.91. The number of sulfonamides is 1. The summed E-state index contributed by atoms with van der Waals surface area (Å²) in [4.78, 5) is 17.7. The van der Waals surface area contributed by atoms with Crippen LogP contribution in [0.15, 0.2) is 51.6 Å². The minimum Gasteiger partial charge on any atom is -0.268 e. The van der Waals surface area contributed by atoms with E-state index in [1.807, 2.05) is 0 Å². The fourth-order valence-corrected chi connectivity index (χ4v) is 4.35. The number of primary sulfonamides is 1. The van der Waals surface area contributed by atoms with Crippen LogP contribution >= 0.6 is 34.5 Å². The number of benzene rings is 2. The lowest BCUT2D eigenvalue weighted by Crippen LogP contribution is -2.22. The van der Waals surface area contributed by atoms with Crippen molar-refractivity contribution in [1.29, 1.82) is 0 Å². The maximum atomic E-state index is 13.2. The predicted molar refractivity (Wildman–Crippen MR) is 118 cm³/mol. The molecule has 0 radical (unpaired) electrons. The molecule has 2 aromatic carbocycles. The van der Waals surface area contributed by atoms with Crippen LogP contribution in [0.25, 0.3) is 28.2 Å². The number of hydrogen-bond donors (Lipinski definition) is 1. The standard InChI is InChI=1S/C18H11Cl2N5O3S2/c19-11-4-1-10(2-5-11)3-8-15-22-14-9-12(20)6-7-13(14)16(26)25(15)17-23-24-18(29-17)30(21,27)28/h1-9H,(H2,21,27,28)/b8-3+. The molecule has 0 aliphatic heterocycles. The van der Waals surface area contributed by atoms with Crippen LogP contribution in [0, 0.1) is 0 Å². The van der Waals surface area contributed by atoms with E-state index in [9.17, 15) is 13.2 Å². The quantitative estimate of drug-likeness (QED) is 0.478. The third-order valence-corrected chi connectivity index (χ3v) is 6.69. The summed E-state index contributed by atoms with van der Waals surface area (Å²) in [6.45, 7) is 0. The van der Waals surface area contributed by atoms with Crippen LogP contribution in [0.1, 0.15) is 11.4 Å². The molecule has 2 N–H and O–H groups in total. The highest BCUT2D eigenvalue weighted by Crippen LogP contribution is 2.22. The predicted octanol–water partition coefficient (Wildman–Crippen LogP) is 3.36. The Bertz CT molecular complexity index is 1460. The van der Waals surface area contributed by atoms with Gasteiger partial charge in [-0.1, -0.05) is 52.7 Å². The number of hydrogen-bond acceptors (Lipinski definition) is 7. The Kier molecular flexibility index (Phi) is 5.43. The van der Waals surface area contributed by atoms with Gasteiger partial charge in [0.15, 0.2) is 0 Å². The van der Waals surface area contributed by atoms with Crippen molar-refractivity contribution >= 4 is 67.6 Å². The second-order valence-electron chi connectivity index (χ2n) is 6.05. The van der Waals surface area contributed by atoms with Gasteiger partial charge in [0.2, 0.25) is 9.47 Å². The smallest absolute Gasteiger partial charge is 0.268 e. The molecule has 0 aliphatic carbocycles. The Labute approximate surface area is 184 Å². The summed E-state index contributed by atoms with van der Waals surface area (Å²) < 4.78 is 23.9. The van der Waals surface area contributed by atoms with Crippen molar-refractivity contribution in [3.05, 3.63) is 74.3 Å². The second kappa shape index (κ2) is 7.89. The van der Waals surface area contributed by atoms with Crippen LogP contribution in [-0.2, 0) is 10.0 Å². The first-order valence-corrected chi connectivity index (χ1v) is 11.4. The molecule has 0 amide bonds. The number of rotatable bonds is 4. The molecule has 0 bridgehead atoms. The van der Waals surface area contributed by atoms with Gasteiger partial charge in [-0.05, 0) is 42.0 Å². The van der Waals surface area contributed by atoms with Crippen molar-refractivity contribution in [2.24, 2.45) is 5.14 Å². The number of nitrogens with two attached hydrogens (primary N) is 1. The molecule has 4 rings (SSSR count). The molecule has 2 aromatic heterocycles. The monoisotopic (exact) mass is 479 g/mol. The van der Waals surface area contributed by atoms with Gasteiger partial charge in [0.25, 0.3) is 15.6 Å². The molecule has 0 unspecified atom stereocenters. The zero-order valence-corrected chi connectivity index (χ0v) is 18.0. The van der Waals surface area contributed by atoms with Crippen molar-refractivity contribution in [1.82, 2.24) is 19.7 Å². The van der Waals surface area contributed by atoms with E-state index >= 15 is 0 Å². The highest BCUT2D eigenvalue weighted by Gasteiger charge is 2.20. The van der Waals surface area contributed by atoms with Crippen LogP contribution in [0.5, 0.6) is 0 Å². The number of nitrogens with zero attached hydrogens (tertiary/aromatic N) is 4. The summed E-state index contributed by atoms with van der Waals surface area (Å²) in [5.74, 6) is 0.210. The maximum absolute atomic E-state index is 13.2. The summed E-state index contributed by atoms with van der Waals surface area (Å²) in [5.41, 5.74) is 0.745. The molecule has 8 nitrogen and oxygen atoms in total. The summed E-state index contributed by atoms with van der Waals surface area (Å²) in [6, 6.07) is 11.7. The molecule has 152 valence electrons. The molecule has 0 saturated carbocycles. The minimum atomic E-state index is -4.06. The first-order chi connectivity index (χ1) is 14.2. The molecule has 4 aromatic rings. The average Bonchev–Trinajstić information content (AvgIpc) is 3.17. The Hall–Kier alpha value is -2.63. The van der Waals surface area contributed by atoms with Gasteiger partial charge in [-0.15, -0.1) is 10.2 Å². The minimum absolute atomic E-state index is 0.0177. The Morgan fingerprint density at radius 2 is 1.70 bits per heavy atom. The third kappa shape index (κ3) is 4.13. The van der Waals surface area contributed by atoms with Crippen LogP contribution < -0.4 is 10.7 Å². The van der Waals surface area contributed by atoms with Crippen molar-refractivity contribution < 1.29 is 8.42 Å². The van der Waals surface area contributed by atoms with Gasteiger partial charge in [-0.25, -0.2) is 23.1 Å². The number of aromatic nitrogens is 4. The molecular weight excluding hydrogens is 469 g/mol. The lowest BCUT2D eigenvalue weighted by atomic mass is 10.2. The van der Waals surface area contributed by atoms with Crippen molar-refractivity contribution in [2.45, 2.75) is 4.34 Å². The summed E-state index contributed by atoms with van der Waals surface area (Å²) in [6.07, 6.45) is 3.33. The second-order valence-corrected chi connectivity index (χ2v) is 9.62. The van der Waals surface area contributed by atoms with Crippen LogP contribution in [-0.4, -0.2) is 28.2 Å². The van der Waals surface area contributed by atoms with E-state index in [-0.39, 0.29) is 16.3 Å². The van der Waals surface area contributed by atoms with Gasteiger partial charge in [0.1, 0.15) is 5.82 Å². The molecule has 0 spiro atoms. The lowest BCUT2D eigenvalue weighted by Gasteiger charge is -2.08. The Morgan fingerprint density at radius 3 is 2.37 bits per heavy atom. The Balaban J connectivity index is 1.94. The summed E-state index contributed by atoms with van der Waals surface area (Å²) in [5, 5.41) is 13.8. The molecule has 2 heterocycles. The number of fused-ring (bicyclic) bond motifs is 1. The van der Waals surface area contributed by atoms with Gasteiger partial charge < -0.3 is 0 Å². The summed E-state index contributed by atoms with van der Waals surface area (Å²) >= 11 is 12.6. The largest absolute Gasteiger partial charge is 0.268 e. The first-order valence-electron chi connectivity index (χ1n) is 8.25. The van der Waals surface area contributed by atoms with E-state index in [1.54, 1.807) is 48.6 Å². The summed E-state index contributed by atoms with van der Waals surface area (Å²) in [7, 11) is -4.06. The van der Waals surface area contributed by atoms with Gasteiger partial charge in [0.05, 0.1) is 10.9 Å². The zero-order chi connectivity index (χ0) is 21.5. The van der Waals surface area contributed by atoms with Crippen molar-refractivity contribution in [2.75, 3.05) is 0 Å². The molecule has 0 saturated heterocycles. The van der Waals surface area contributed by atoms with Crippen LogP contribution in [0.2, 0.25) is 10.0 Å². The van der Waals surface area contributed by atoms with E-state index < -0.39 is 19.9 Å². The van der Waals surface area contributed by atoms with E-state index in [0.29, 0.717) is 26.9 Å². The van der Waals surface area contributed by atoms with E-state index in [2.05, 4.69) is 15.2 Å². The lowest BCUT2D eigenvalue weighted by molar-refractivity contribution is 0.595. The topological polar surface area (TPSA) is 121 Å². The van der Waals surface area contributed by atoms with Crippen molar-refractivity contribution in [3.63, 3.8) is 0 Å². The van der Waals surface area contributed by atoms with Gasteiger partial charge in [-0.3, -0.25) is 4.79 Å². The van der Waals surface area contributed by atoms with Crippen LogP contribution in [0.4, 0.5) is 0 Å². The maximum Gasteiger partial charge on any atom is 0.268 e. The molecule has 12 heteroatoms. The Morgan fingerprint density at radius 1 is 1.00 bits per heavy atom. The zero-order valence-electron chi connectivity index (χ0n) is 14.9. The van der Waals surface area contributed by atoms with Gasteiger partial charge >= 0.3 is 0 Å². The van der Waals surface area contributed by atoms with Crippen molar-refractivity contribution in [3.8, 4) is 5.13 Å². The SMILES string of the molecule is NS(=O)(=O)c1nnc(-n2c(/C=C/c3ccc(Cl)cc3)nc3cc(Cl)ccc3c2=O)s1. The highest BCUT2D eigenvalue weighted by atomic mass is 35.5. The molecule has 0 atom stereocenters. The third-order valence-electron chi connectivity index (χ3n) is 3.98. The van der Waals surface area contributed by atoms with E-state index in [1.165, 1.54) is 10.6 Å². The normalized spacial score (nSPS) is 12.1. The molecule has 30 heavy (non-hydrogen) atoms. The molecule has 0 aliphatic rings. The van der Waals surface area contributed by atoms with E-state index in [4.69, 9.17) is 28.3 Å². The fraction of sp³-hybridized carbons (Fsp3) is 0. The fourth-order valence-electron chi connectivity index (χ4n) is 2.63. The van der Waals surface area contributed by atoms with Gasteiger partial charge in [0, 0.05) is 10.0 Å². The first kappa shape index (κ1) is 20.6.